The van der Waals surface area contributed by atoms with E-state index in [1.807, 2.05) is 6.92 Å². The minimum atomic E-state index is -0.128. The number of hydrogen-bond donors (Lipinski definition) is 1. The van der Waals surface area contributed by atoms with Crippen LogP contribution in [0.5, 0.6) is 0 Å². The second kappa shape index (κ2) is 3.53. The molecule has 2 heterocycles. The average Bonchev–Trinajstić information content (AvgIpc) is 2.60. The monoisotopic (exact) mass is 194 g/mol. The molecule has 1 unspecified atom stereocenters. The molecule has 0 fully saturated rings. The second-order valence-corrected chi connectivity index (χ2v) is 3.70. The number of carbonyl (C=O) groups excluding carboxylic acids is 1. The third-order valence-electron chi connectivity index (χ3n) is 2.75. The standard InChI is InChI=1S/C10H14N2O2/c1-6(7(2)13)10-8-5-14-4-3-9(8)11-12-10/h6H,3-5H2,1-2H3,(H,11,12). The SMILES string of the molecule is CC(=O)C(C)c1n[nH]c2c1COCC2. The van der Waals surface area contributed by atoms with E-state index in [0.717, 1.165) is 30.0 Å². The molecule has 0 spiro atoms. The Morgan fingerprint density at radius 1 is 1.64 bits per heavy atom. The lowest BCUT2D eigenvalue weighted by Gasteiger charge is -2.14. The van der Waals surface area contributed by atoms with Crippen LogP contribution in [0.3, 0.4) is 0 Å². The van der Waals surface area contributed by atoms with Gasteiger partial charge < -0.3 is 4.74 Å². The molecule has 2 rings (SSSR count). The summed E-state index contributed by atoms with van der Waals surface area (Å²) in [5, 5.41) is 7.17. The van der Waals surface area contributed by atoms with Gasteiger partial charge in [0.05, 0.1) is 24.8 Å². The van der Waals surface area contributed by atoms with Crippen LogP contribution < -0.4 is 0 Å². The van der Waals surface area contributed by atoms with Crippen LogP contribution in [0.15, 0.2) is 0 Å². The first kappa shape index (κ1) is 9.40. The number of aromatic amines is 1. The van der Waals surface area contributed by atoms with Crippen molar-refractivity contribution in [2.24, 2.45) is 0 Å². The Morgan fingerprint density at radius 2 is 2.43 bits per heavy atom. The highest BCUT2D eigenvalue weighted by Crippen LogP contribution is 2.24. The van der Waals surface area contributed by atoms with Gasteiger partial charge in [-0.05, 0) is 13.8 Å². The lowest BCUT2D eigenvalue weighted by atomic mass is 9.98. The number of nitrogens with one attached hydrogen (secondary N) is 1. The summed E-state index contributed by atoms with van der Waals surface area (Å²) in [6.45, 7) is 4.80. The van der Waals surface area contributed by atoms with Crippen LogP contribution in [0, 0.1) is 0 Å². The molecule has 0 bridgehead atoms. The number of ether oxygens (including phenoxy) is 1. The van der Waals surface area contributed by atoms with Crippen LogP contribution >= 0.6 is 0 Å². The molecule has 14 heavy (non-hydrogen) atoms. The quantitative estimate of drug-likeness (QED) is 0.769. The number of Topliss-reactive ketones (excluding diaryl/α,β-unsaturated/α-hetero) is 1. The Morgan fingerprint density at radius 3 is 3.14 bits per heavy atom. The predicted molar refractivity (Wildman–Crippen MR) is 51.0 cm³/mol. The summed E-state index contributed by atoms with van der Waals surface area (Å²) in [6, 6.07) is 0. The lowest BCUT2D eigenvalue weighted by Crippen LogP contribution is -2.12. The van der Waals surface area contributed by atoms with E-state index in [-0.39, 0.29) is 11.7 Å². The van der Waals surface area contributed by atoms with Crippen molar-refractivity contribution in [1.29, 1.82) is 0 Å². The van der Waals surface area contributed by atoms with Crippen molar-refractivity contribution < 1.29 is 9.53 Å². The summed E-state index contributed by atoms with van der Waals surface area (Å²) in [4.78, 5) is 11.2. The molecule has 1 aliphatic heterocycles. The average molecular weight is 194 g/mol. The third-order valence-corrected chi connectivity index (χ3v) is 2.75. The van der Waals surface area contributed by atoms with Crippen LogP contribution in [0.4, 0.5) is 0 Å². The van der Waals surface area contributed by atoms with Crippen molar-refractivity contribution in [3.05, 3.63) is 17.0 Å². The van der Waals surface area contributed by atoms with Gasteiger partial charge in [0, 0.05) is 17.7 Å². The lowest BCUT2D eigenvalue weighted by molar-refractivity contribution is -0.118. The maximum atomic E-state index is 11.2. The molecule has 4 heteroatoms. The van der Waals surface area contributed by atoms with Crippen molar-refractivity contribution in [2.75, 3.05) is 6.61 Å². The van der Waals surface area contributed by atoms with Crippen molar-refractivity contribution >= 4 is 5.78 Å². The first-order valence-electron chi connectivity index (χ1n) is 4.84. The van der Waals surface area contributed by atoms with Gasteiger partial charge in [-0.3, -0.25) is 9.89 Å². The number of rotatable bonds is 2. The van der Waals surface area contributed by atoms with E-state index in [4.69, 9.17) is 4.74 Å². The smallest absolute Gasteiger partial charge is 0.138 e. The molecular weight excluding hydrogens is 180 g/mol. The van der Waals surface area contributed by atoms with Crippen LogP contribution in [0.25, 0.3) is 0 Å². The zero-order valence-electron chi connectivity index (χ0n) is 8.46. The molecule has 1 aromatic heterocycles. The van der Waals surface area contributed by atoms with Crippen LogP contribution in [-0.2, 0) is 22.6 Å². The molecular formula is C10H14N2O2. The summed E-state index contributed by atoms with van der Waals surface area (Å²) in [5.74, 6) is 0.0153. The zero-order valence-corrected chi connectivity index (χ0v) is 8.46. The van der Waals surface area contributed by atoms with Gasteiger partial charge in [-0.1, -0.05) is 0 Å². The van der Waals surface area contributed by atoms with Crippen molar-refractivity contribution in [3.63, 3.8) is 0 Å². The highest BCUT2D eigenvalue weighted by atomic mass is 16.5. The van der Waals surface area contributed by atoms with E-state index in [1.54, 1.807) is 6.92 Å². The van der Waals surface area contributed by atoms with Gasteiger partial charge in [0.1, 0.15) is 5.78 Å². The maximum Gasteiger partial charge on any atom is 0.138 e. The van der Waals surface area contributed by atoms with Crippen LogP contribution in [-0.4, -0.2) is 22.6 Å². The number of H-pyrrole nitrogens is 1. The fraction of sp³-hybridized carbons (Fsp3) is 0.600. The Kier molecular flexibility index (Phi) is 2.37. The predicted octanol–water partition coefficient (Wildman–Crippen LogP) is 1.17. The Labute approximate surface area is 82.7 Å². The van der Waals surface area contributed by atoms with E-state index >= 15 is 0 Å². The van der Waals surface area contributed by atoms with Crippen molar-refractivity contribution in [2.45, 2.75) is 32.8 Å². The molecule has 0 aromatic carbocycles. The number of ketones is 1. The Balaban J connectivity index is 2.34. The van der Waals surface area contributed by atoms with Crippen LogP contribution in [0.2, 0.25) is 0 Å². The normalized spacial score (nSPS) is 17.6. The number of nitrogens with zero attached hydrogens (tertiary/aromatic N) is 1. The first-order valence-corrected chi connectivity index (χ1v) is 4.84. The molecule has 0 amide bonds. The molecule has 0 radical (unpaired) electrons. The van der Waals surface area contributed by atoms with Crippen LogP contribution in [0.1, 0.15) is 36.7 Å². The first-order chi connectivity index (χ1) is 6.70. The number of carbonyl (C=O) groups is 1. The minimum Gasteiger partial charge on any atom is -0.376 e. The zero-order chi connectivity index (χ0) is 10.1. The minimum absolute atomic E-state index is 0.128. The number of fused-ring (bicyclic) bond motifs is 1. The highest BCUT2D eigenvalue weighted by Gasteiger charge is 2.23. The maximum absolute atomic E-state index is 11.2. The van der Waals surface area contributed by atoms with E-state index in [1.165, 1.54) is 0 Å². The molecule has 1 aliphatic rings. The highest BCUT2D eigenvalue weighted by molar-refractivity contribution is 5.82. The van der Waals surface area contributed by atoms with Gasteiger partial charge in [0.15, 0.2) is 0 Å². The molecule has 1 aromatic rings. The van der Waals surface area contributed by atoms with Gasteiger partial charge in [0.2, 0.25) is 0 Å². The molecule has 0 saturated heterocycles. The second-order valence-electron chi connectivity index (χ2n) is 3.70. The van der Waals surface area contributed by atoms with Crippen molar-refractivity contribution in [3.8, 4) is 0 Å². The Bertz CT molecular complexity index is 357. The summed E-state index contributed by atoms with van der Waals surface area (Å²) in [5.41, 5.74) is 3.06. The van der Waals surface area contributed by atoms with Gasteiger partial charge in [-0.25, -0.2) is 0 Å². The van der Waals surface area contributed by atoms with Gasteiger partial charge in [-0.2, -0.15) is 5.10 Å². The largest absolute Gasteiger partial charge is 0.376 e. The van der Waals surface area contributed by atoms with E-state index in [2.05, 4.69) is 10.2 Å². The fourth-order valence-corrected chi connectivity index (χ4v) is 1.68. The van der Waals surface area contributed by atoms with Gasteiger partial charge >= 0.3 is 0 Å². The molecule has 1 atom stereocenters. The number of hydrogen-bond acceptors (Lipinski definition) is 3. The Hall–Kier alpha value is -1.16. The summed E-state index contributed by atoms with van der Waals surface area (Å²) >= 11 is 0. The number of aromatic nitrogens is 2. The molecule has 76 valence electrons. The van der Waals surface area contributed by atoms with Gasteiger partial charge in [0.25, 0.3) is 0 Å². The van der Waals surface area contributed by atoms with E-state index < -0.39 is 0 Å². The van der Waals surface area contributed by atoms with Crippen molar-refractivity contribution in [1.82, 2.24) is 10.2 Å². The summed E-state index contributed by atoms with van der Waals surface area (Å²) in [6.07, 6.45) is 0.868. The molecule has 1 N–H and O–H groups in total. The molecule has 4 nitrogen and oxygen atoms in total. The van der Waals surface area contributed by atoms with E-state index in [0.29, 0.717) is 6.61 Å². The fourth-order valence-electron chi connectivity index (χ4n) is 1.68. The molecule has 0 saturated carbocycles. The van der Waals surface area contributed by atoms with Gasteiger partial charge in [-0.15, -0.1) is 0 Å². The third kappa shape index (κ3) is 1.46. The summed E-state index contributed by atoms with van der Waals surface area (Å²) in [7, 11) is 0. The molecule has 0 aliphatic carbocycles. The van der Waals surface area contributed by atoms with E-state index in [9.17, 15) is 4.79 Å². The topological polar surface area (TPSA) is 55.0 Å². The summed E-state index contributed by atoms with van der Waals surface area (Å²) < 4.78 is 5.35.